The zero-order chi connectivity index (χ0) is 16.5. The Morgan fingerprint density at radius 3 is 2.82 bits per heavy atom. The monoisotopic (exact) mass is 310 g/mol. The molecule has 1 saturated carbocycles. The fourth-order valence-electron chi connectivity index (χ4n) is 3.15. The number of carbonyl (C=O) groups excluding carboxylic acids is 1. The lowest BCUT2D eigenvalue weighted by molar-refractivity contribution is -0.386. The topological polar surface area (TPSA) is 110 Å². The molecule has 122 valence electrons. The number of aryl methyl sites for hydroxylation is 1. The maximum Gasteiger partial charge on any atom is 0.312 e. The van der Waals surface area contributed by atoms with Gasteiger partial charge in [0.15, 0.2) is 0 Å². The van der Waals surface area contributed by atoms with Gasteiger partial charge in [0.2, 0.25) is 5.91 Å². The Morgan fingerprint density at radius 1 is 1.59 bits per heavy atom. The van der Waals surface area contributed by atoms with Crippen molar-refractivity contribution in [2.45, 2.75) is 52.6 Å². The van der Waals surface area contributed by atoms with E-state index in [9.17, 15) is 20.0 Å². The molecule has 1 amide bonds. The van der Waals surface area contributed by atoms with Crippen LogP contribution in [-0.2, 0) is 11.3 Å². The van der Waals surface area contributed by atoms with E-state index in [1.54, 1.807) is 13.8 Å². The summed E-state index contributed by atoms with van der Waals surface area (Å²) in [5, 5.41) is 27.5. The number of aliphatic hydroxyl groups excluding tert-OH is 1. The normalized spacial score (nSPS) is 24.5. The maximum absolute atomic E-state index is 12.2. The number of rotatable bonds is 5. The third kappa shape index (κ3) is 2.96. The quantitative estimate of drug-likeness (QED) is 0.624. The standard InChI is InChI=1S/C14H22N4O4/c1-9-13(18(21)22)10(2)17(16-9)7-12(20)15-11-5-4-6-14(11,3)8-19/h11,19H,4-8H2,1-3H3,(H,15,20). The summed E-state index contributed by atoms with van der Waals surface area (Å²) in [5.74, 6) is -0.243. The number of carbonyl (C=O) groups is 1. The minimum atomic E-state index is -0.480. The van der Waals surface area contributed by atoms with Gasteiger partial charge in [0.25, 0.3) is 0 Å². The molecule has 0 aromatic carbocycles. The number of hydrogen-bond donors (Lipinski definition) is 2. The molecule has 1 aromatic heterocycles. The van der Waals surface area contributed by atoms with E-state index < -0.39 is 4.92 Å². The van der Waals surface area contributed by atoms with Gasteiger partial charge in [-0.05, 0) is 26.7 Å². The highest BCUT2D eigenvalue weighted by Crippen LogP contribution is 2.37. The summed E-state index contributed by atoms with van der Waals surface area (Å²) in [6, 6.07) is -0.0723. The third-order valence-electron chi connectivity index (χ3n) is 4.60. The summed E-state index contributed by atoms with van der Waals surface area (Å²) in [4.78, 5) is 22.7. The zero-order valence-corrected chi connectivity index (χ0v) is 13.1. The molecular weight excluding hydrogens is 288 g/mol. The number of nitro groups is 1. The first-order valence-electron chi connectivity index (χ1n) is 7.37. The Kier molecular flexibility index (Phi) is 4.50. The second-order valence-electron chi connectivity index (χ2n) is 6.26. The van der Waals surface area contributed by atoms with E-state index in [0.29, 0.717) is 11.4 Å². The van der Waals surface area contributed by atoms with Crippen molar-refractivity contribution >= 4 is 11.6 Å². The minimum absolute atomic E-state index is 0.0311. The summed E-state index contributed by atoms with van der Waals surface area (Å²) in [5.41, 5.74) is 0.329. The molecule has 2 rings (SSSR count). The average molecular weight is 310 g/mol. The van der Waals surface area contributed by atoms with Gasteiger partial charge in [0, 0.05) is 11.5 Å². The van der Waals surface area contributed by atoms with Crippen LogP contribution in [0, 0.1) is 29.4 Å². The highest BCUT2D eigenvalue weighted by molar-refractivity contribution is 5.76. The van der Waals surface area contributed by atoms with Crippen molar-refractivity contribution < 1.29 is 14.8 Å². The lowest BCUT2D eigenvalue weighted by Gasteiger charge is -2.30. The molecule has 8 heteroatoms. The van der Waals surface area contributed by atoms with E-state index in [1.165, 1.54) is 4.68 Å². The van der Waals surface area contributed by atoms with Gasteiger partial charge in [-0.2, -0.15) is 5.10 Å². The van der Waals surface area contributed by atoms with Gasteiger partial charge in [-0.25, -0.2) is 0 Å². The fourth-order valence-corrected chi connectivity index (χ4v) is 3.15. The van der Waals surface area contributed by atoms with Crippen molar-refractivity contribution in [2.75, 3.05) is 6.61 Å². The molecular formula is C14H22N4O4. The molecule has 1 aromatic rings. The number of hydrogen-bond acceptors (Lipinski definition) is 5. The van der Waals surface area contributed by atoms with Crippen molar-refractivity contribution in [1.29, 1.82) is 0 Å². The highest BCUT2D eigenvalue weighted by Gasteiger charge is 2.39. The first kappa shape index (κ1) is 16.4. The summed E-state index contributed by atoms with van der Waals surface area (Å²) >= 11 is 0. The van der Waals surface area contributed by atoms with E-state index in [2.05, 4.69) is 10.4 Å². The van der Waals surface area contributed by atoms with E-state index in [-0.39, 0.29) is 36.2 Å². The number of nitrogens with zero attached hydrogens (tertiary/aromatic N) is 3. The zero-order valence-electron chi connectivity index (χ0n) is 13.1. The van der Waals surface area contributed by atoms with Crippen molar-refractivity contribution in [3.05, 3.63) is 21.5 Å². The van der Waals surface area contributed by atoms with Crippen LogP contribution in [0.4, 0.5) is 5.69 Å². The Morgan fingerprint density at radius 2 is 2.27 bits per heavy atom. The molecule has 2 atom stereocenters. The van der Waals surface area contributed by atoms with E-state index >= 15 is 0 Å². The van der Waals surface area contributed by atoms with Gasteiger partial charge in [-0.3, -0.25) is 19.6 Å². The van der Waals surface area contributed by atoms with Gasteiger partial charge in [-0.15, -0.1) is 0 Å². The lowest BCUT2D eigenvalue weighted by Crippen LogP contribution is -2.46. The Bertz CT molecular complexity index is 598. The maximum atomic E-state index is 12.2. The second kappa shape index (κ2) is 6.04. The molecule has 1 fully saturated rings. The summed E-state index contributed by atoms with van der Waals surface area (Å²) in [7, 11) is 0. The van der Waals surface area contributed by atoms with Gasteiger partial charge >= 0.3 is 5.69 Å². The predicted molar refractivity (Wildman–Crippen MR) is 79.3 cm³/mol. The van der Waals surface area contributed by atoms with Gasteiger partial charge < -0.3 is 10.4 Å². The molecule has 1 aliphatic rings. The molecule has 0 saturated heterocycles. The van der Waals surface area contributed by atoms with E-state index in [1.807, 2.05) is 6.92 Å². The lowest BCUT2D eigenvalue weighted by atomic mass is 9.86. The SMILES string of the molecule is Cc1nn(CC(=O)NC2CCCC2(C)CO)c(C)c1[N+](=O)[O-]. The Labute approximate surface area is 128 Å². The number of amides is 1. The molecule has 22 heavy (non-hydrogen) atoms. The van der Waals surface area contributed by atoms with Gasteiger partial charge in [0.1, 0.15) is 17.9 Å². The molecule has 0 bridgehead atoms. The Balaban J connectivity index is 2.07. The van der Waals surface area contributed by atoms with Crippen molar-refractivity contribution in [1.82, 2.24) is 15.1 Å². The van der Waals surface area contributed by atoms with Gasteiger partial charge in [-0.1, -0.05) is 13.3 Å². The number of aromatic nitrogens is 2. The molecule has 0 aliphatic heterocycles. The number of aliphatic hydroxyl groups is 1. The summed E-state index contributed by atoms with van der Waals surface area (Å²) in [6.45, 7) is 5.07. The van der Waals surface area contributed by atoms with Crippen LogP contribution >= 0.6 is 0 Å². The van der Waals surface area contributed by atoms with Crippen molar-refractivity contribution in [3.8, 4) is 0 Å². The molecule has 0 radical (unpaired) electrons. The smallest absolute Gasteiger partial charge is 0.312 e. The van der Waals surface area contributed by atoms with Crippen LogP contribution in [0.5, 0.6) is 0 Å². The van der Waals surface area contributed by atoms with Crippen LogP contribution in [0.2, 0.25) is 0 Å². The predicted octanol–water partition coefficient (Wildman–Crippen LogP) is 1.08. The van der Waals surface area contributed by atoms with Crippen LogP contribution in [-0.4, -0.2) is 38.4 Å². The molecule has 2 N–H and O–H groups in total. The van der Waals surface area contributed by atoms with Crippen LogP contribution in [0.25, 0.3) is 0 Å². The molecule has 2 unspecified atom stereocenters. The average Bonchev–Trinajstić information content (AvgIpc) is 2.92. The molecule has 0 spiro atoms. The van der Waals surface area contributed by atoms with Crippen LogP contribution in [0.3, 0.4) is 0 Å². The van der Waals surface area contributed by atoms with E-state index in [0.717, 1.165) is 19.3 Å². The first-order valence-corrected chi connectivity index (χ1v) is 7.37. The third-order valence-corrected chi connectivity index (χ3v) is 4.60. The fraction of sp³-hybridized carbons (Fsp3) is 0.714. The van der Waals surface area contributed by atoms with Crippen LogP contribution < -0.4 is 5.32 Å². The van der Waals surface area contributed by atoms with Crippen LogP contribution in [0.15, 0.2) is 0 Å². The minimum Gasteiger partial charge on any atom is -0.396 e. The first-order chi connectivity index (χ1) is 10.3. The van der Waals surface area contributed by atoms with E-state index in [4.69, 9.17) is 0 Å². The Hall–Kier alpha value is -1.96. The van der Waals surface area contributed by atoms with Crippen LogP contribution in [0.1, 0.15) is 37.6 Å². The second-order valence-corrected chi connectivity index (χ2v) is 6.26. The summed E-state index contributed by atoms with van der Waals surface area (Å²) < 4.78 is 1.36. The largest absolute Gasteiger partial charge is 0.396 e. The molecule has 1 heterocycles. The van der Waals surface area contributed by atoms with Crippen molar-refractivity contribution in [2.24, 2.45) is 5.41 Å². The number of nitrogens with one attached hydrogen (secondary N) is 1. The van der Waals surface area contributed by atoms with Crippen molar-refractivity contribution in [3.63, 3.8) is 0 Å². The molecule has 1 aliphatic carbocycles. The summed E-state index contributed by atoms with van der Waals surface area (Å²) in [6.07, 6.45) is 2.67. The molecule has 8 nitrogen and oxygen atoms in total. The highest BCUT2D eigenvalue weighted by atomic mass is 16.6. The van der Waals surface area contributed by atoms with Gasteiger partial charge in [0.05, 0.1) is 11.5 Å².